The van der Waals surface area contributed by atoms with E-state index in [-0.39, 0.29) is 17.2 Å². The average Bonchev–Trinajstić information content (AvgIpc) is 2.98. The summed E-state index contributed by atoms with van der Waals surface area (Å²) in [6, 6.07) is 13.7. The summed E-state index contributed by atoms with van der Waals surface area (Å²) in [6.07, 6.45) is 0. The minimum atomic E-state index is -0.604. The molecule has 1 N–H and O–H groups in total. The number of rotatable bonds is 4. The van der Waals surface area contributed by atoms with Gasteiger partial charge in [0.2, 0.25) is 11.8 Å². The second-order valence-corrected chi connectivity index (χ2v) is 8.17. The van der Waals surface area contributed by atoms with Crippen molar-refractivity contribution < 1.29 is 9.59 Å². The van der Waals surface area contributed by atoms with Crippen molar-refractivity contribution in [1.82, 2.24) is 0 Å². The number of anilines is 2. The number of nitrogens with one attached hydrogen (secondary N) is 1. The Morgan fingerprint density at radius 2 is 2.04 bits per heavy atom. The molecule has 0 radical (unpaired) electrons. The first-order valence-electron chi connectivity index (χ1n) is 8.42. The summed E-state index contributed by atoms with van der Waals surface area (Å²) in [5.74, 6) is 0.288. The third-order valence-electron chi connectivity index (χ3n) is 4.29. The molecule has 2 atom stereocenters. The van der Waals surface area contributed by atoms with Crippen LogP contribution in [-0.4, -0.2) is 22.9 Å². The maximum Gasteiger partial charge on any atom is 0.242 e. The number of carbonyl (C=O) groups is 2. The Morgan fingerprint density at radius 1 is 1.27 bits per heavy atom. The third-order valence-corrected chi connectivity index (χ3v) is 5.70. The first kappa shape index (κ1) is 18.8. The molecule has 0 spiro atoms. The van der Waals surface area contributed by atoms with Crippen LogP contribution >= 0.6 is 23.4 Å². The normalized spacial score (nSPS) is 18.1. The fraction of sp³-hybridized carbons (Fsp3) is 0.300. The Balaban J connectivity index is 1.94. The zero-order valence-corrected chi connectivity index (χ0v) is 16.5. The number of hydrogen-bond acceptors (Lipinski definition) is 3. The summed E-state index contributed by atoms with van der Waals surface area (Å²) in [7, 11) is 0. The van der Waals surface area contributed by atoms with E-state index in [1.165, 1.54) is 0 Å². The first-order valence-corrected chi connectivity index (χ1v) is 9.91. The number of nitrogens with zero attached hydrogens (tertiary/aromatic N) is 1. The summed E-state index contributed by atoms with van der Waals surface area (Å²) in [4.78, 5) is 26.3. The van der Waals surface area contributed by atoms with E-state index in [0.29, 0.717) is 11.4 Å². The number of alkyl halides is 1. The van der Waals surface area contributed by atoms with E-state index in [9.17, 15) is 9.59 Å². The Labute approximate surface area is 162 Å². The molecule has 1 saturated heterocycles. The highest BCUT2D eigenvalue weighted by molar-refractivity contribution is 8.00. The highest BCUT2D eigenvalue weighted by Crippen LogP contribution is 2.43. The Kier molecular flexibility index (Phi) is 5.58. The molecule has 2 aromatic carbocycles. The van der Waals surface area contributed by atoms with Gasteiger partial charge in [-0.05, 0) is 55.7 Å². The Morgan fingerprint density at radius 3 is 2.77 bits per heavy atom. The van der Waals surface area contributed by atoms with E-state index in [1.54, 1.807) is 18.7 Å². The molecule has 0 bridgehead atoms. The molecule has 26 heavy (non-hydrogen) atoms. The van der Waals surface area contributed by atoms with E-state index in [0.717, 1.165) is 22.4 Å². The first-order chi connectivity index (χ1) is 12.4. The number of amides is 2. The second kappa shape index (κ2) is 7.72. The molecule has 0 saturated carbocycles. The zero-order chi connectivity index (χ0) is 18.8. The van der Waals surface area contributed by atoms with Crippen molar-refractivity contribution in [3.8, 4) is 0 Å². The largest absolute Gasteiger partial charge is 0.325 e. The van der Waals surface area contributed by atoms with Crippen molar-refractivity contribution in [2.75, 3.05) is 16.0 Å². The molecule has 0 unspecified atom stereocenters. The predicted molar refractivity (Wildman–Crippen MR) is 109 cm³/mol. The van der Waals surface area contributed by atoms with Gasteiger partial charge in [-0.2, -0.15) is 0 Å². The van der Waals surface area contributed by atoms with Gasteiger partial charge < -0.3 is 5.32 Å². The minimum Gasteiger partial charge on any atom is -0.325 e. The maximum absolute atomic E-state index is 12.6. The summed E-state index contributed by atoms with van der Waals surface area (Å²) in [6.45, 7) is 5.67. The highest BCUT2D eigenvalue weighted by Gasteiger charge is 2.35. The van der Waals surface area contributed by atoms with Gasteiger partial charge in [-0.15, -0.1) is 23.4 Å². The van der Waals surface area contributed by atoms with Crippen molar-refractivity contribution in [3.63, 3.8) is 0 Å². The number of aryl methyl sites for hydroxylation is 2. The molecule has 1 fully saturated rings. The van der Waals surface area contributed by atoms with Gasteiger partial charge in [0.1, 0.15) is 10.8 Å². The van der Waals surface area contributed by atoms with Gasteiger partial charge in [0, 0.05) is 11.4 Å². The molecule has 4 nitrogen and oxygen atoms in total. The van der Waals surface area contributed by atoms with Crippen molar-refractivity contribution in [3.05, 3.63) is 59.2 Å². The van der Waals surface area contributed by atoms with Crippen LogP contribution in [-0.2, 0) is 9.59 Å². The van der Waals surface area contributed by atoms with Gasteiger partial charge in [0.05, 0.1) is 5.75 Å². The van der Waals surface area contributed by atoms with E-state index in [2.05, 4.69) is 5.32 Å². The van der Waals surface area contributed by atoms with E-state index in [4.69, 9.17) is 11.6 Å². The topological polar surface area (TPSA) is 49.4 Å². The summed E-state index contributed by atoms with van der Waals surface area (Å²) in [5, 5.41) is 2.09. The van der Waals surface area contributed by atoms with Crippen molar-refractivity contribution in [1.29, 1.82) is 0 Å². The molecule has 2 amide bonds. The van der Waals surface area contributed by atoms with Crippen LogP contribution in [0.5, 0.6) is 0 Å². The number of halogens is 1. The van der Waals surface area contributed by atoms with Crippen LogP contribution < -0.4 is 10.2 Å². The number of hydrogen-bond donors (Lipinski definition) is 1. The lowest BCUT2D eigenvalue weighted by atomic mass is 10.1. The molecule has 6 heteroatoms. The van der Waals surface area contributed by atoms with Crippen molar-refractivity contribution in [2.45, 2.75) is 31.5 Å². The molecule has 0 aromatic heterocycles. The van der Waals surface area contributed by atoms with Crippen LogP contribution in [0.25, 0.3) is 0 Å². The molecule has 0 aliphatic carbocycles. The quantitative estimate of drug-likeness (QED) is 0.775. The summed E-state index contributed by atoms with van der Waals surface area (Å²) < 4.78 is 0. The zero-order valence-electron chi connectivity index (χ0n) is 15.0. The summed E-state index contributed by atoms with van der Waals surface area (Å²) >= 11 is 7.42. The van der Waals surface area contributed by atoms with Crippen LogP contribution in [0.4, 0.5) is 11.4 Å². The SMILES string of the molecule is Cc1ccc(C)c(N2C(=O)CS[C@@H]2c2cccc(NC(=O)[C@@H](C)Cl)c2)c1. The van der Waals surface area contributed by atoms with Gasteiger partial charge in [0.15, 0.2) is 0 Å². The van der Waals surface area contributed by atoms with Crippen molar-refractivity contribution >= 4 is 46.6 Å². The van der Waals surface area contributed by atoms with Crippen LogP contribution in [0, 0.1) is 13.8 Å². The average molecular weight is 389 g/mol. The third kappa shape index (κ3) is 3.89. The Hall–Kier alpha value is -1.98. The van der Waals surface area contributed by atoms with Crippen LogP contribution in [0.2, 0.25) is 0 Å². The monoisotopic (exact) mass is 388 g/mol. The highest BCUT2D eigenvalue weighted by atomic mass is 35.5. The smallest absolute Gasteiger partial charge is 0.242 e. The molecule has 3 rings (SSSR count). The minimum absolute atomic E-state index is 0.0949. The molecule has 136 valence electrons. The number of benzene rings is 2. The molecule has 1 heterocycles. The predicted octanol–water partition coefficient (Wildman–Crippen LogP) is 4.65. The van der Waals surface area contributed by atoms with Gasteiger partial charge in [-0.3, -0.25) is 14.5 Å². The van der Waals surface area contributed by atoms with E-state index >= 15 is 0 Å². The summed E-state index contributed by atoms with van der Waals surface area (Å²) in [5.41, 5.74) is 4.78. The second-order valence-electron chi connectivity index (χ2n) is 6.45. The van der Waals surface area contributed by atoms with E-state index < -0.39 is 5.38 Å². The van der Waals surface area contributed by atoms with Gasteiger partial charge in [-0.25, -0.2) is 0 Å². The standard InChI is InChI=1S/C20H21ClN2O2S/c1-12-7-8-13(2)17(9-12)23-18(24)11-26-20(23)15-5-4-6-16(10-15)22-19(25)14(3)21/h4-10,14,20H,11H2,1-3H3,(H,22,25)/t14-,20-/m1/s1. The van der Waals surface area contributed by atoms with Gasteiger partial charge in [-0.1, -0.05) is 24.3 Å². The van der Waals surface area contributed by atoms with Gasteiger partial charge in [0.25, 0.3) is 0 Å². The Bertz CT molecular complexity index is 853. The molecular weight excluding hydrogens is 368 g/mol. The lowest BCUT2D eigenvalue weighted by Gasteiger charge is -2.26. The van der Waals surface area contributed by atoms with Gasteiger partial charge >= 0.3 is 0 Å². The lowest BCUT2D eigenvalue weighted by molar-refractivity contribution is -0.116. The van der Waals surface area contributed by atoms with Crippen molar-refractivity contribution in [2.24, 2.45) is 0 Å². The molecule has 1 aliphatic heterocycles. The van der Waals surface area contributed by atoms with Crippen LogP contribution in [0.15, 0.2) is 42.5 Å². The molecule has 2 aromatic rings. The maximum atomic E-state index is 12.6. The molecular formula is C20H21ClN2O2S. The number of carbonyl (C=O) groups excluding carboxylic acids is 2. The van der Waals surface area contributed by atoms with Crippen LogP contribution in [0.3, 0.4) is 0 Å². The fourth-order valence-corrected chi connectivity index (χ4v) is 4.14. The number of thioether (sulfide) groups is 1. The molecule has 1 aliphatic rings. The fourth-order valence-electron chi connectivity index (χ4n) is 2.92. The lowest BCUT2D eigenvalue weighted by Crippen LogP contribution is -2.28. The van der Waals surface area contributed by atoms with Crippen LogP contribution in [0.1, 0.15) is 29.0 Å². The van der Waals surface area contributed by atoms with E-state index in [1.807, 2.05) is 61.2 Å².